The summed E-state index contributed by atoms with van der Waals surface area (Å²) >= 11 is 0. The maximum Gasteiger partial charge on any atom is 0.198 e. The zero-order valence-corrected chi connectivity index (χ0v) is 10.1. The SMILES string of the molecule is C=CCN1C=C(C(=O)c2ccccc2)C(=O)CC1. The Kier molecular flexibility index (Phi) is 3.72. The summed E-state index contributed by atoms with van der Waals surface area (Å²) in [5.74, 6) is -0.279. The van der Waals surface area contributed by atoms with E-state index in [1.54, 1.807) is 36.5 Å². The summed E-state index contributed by atoms with van der Waals surface area (Å²) in [7, 11) is 0. The number of Topliss-reactive ketones (excluding diaryl/α,β-unsaturated/α-hetero) is 2. The third-order valence-corrected chi connectivity index (χ3v) is 2.88. The van der Waals surface area contributed by atoms with Crippen molar-refractivity contribution in [2.24, 2.45) is 0 Å². The molecule has 3 nitrogen and oxygen atoms in total. The minimum atomic E-state index is -0.200. The predicted octanol–water partition coefficient (Wildman–Crippen LogP) is 2.21. The fourth-order valence-electron chi connectivity index (χ4n) is 1.94. The normalized spacial score (nSPS) is 15.2. The lowest BCUT2D eigenvalue weighted by Crippen LogP contribution is -2.30. The Hall–Kier alpha value is -2.16. The highest BCUT2D eigenvalue weighted by atomic mass is 16.1. The van der Waals surface area contributed by atoms with Gasteiger partial charge in [0.25, 0.3) is 0 Å². The minimum absolute atomic E-state index is 0.0795. The van der Waals surface area contributed by atoms with Crippen LogP contribution in [0, 0.1) is 0 Å². The fraction of sp³-hybridized carbons (Fsp3) is 0.200. The van der Waals surface area contributed by atoms with Crippen LogP contribution >= 0.6 is 0 Å². The molecule has 3 heteroatoms. The maximum absolute atomic E-state index is 12.2. The van der Waals surface area contributed by atoms with Crippen molar-refractivity contribution < 1.29 is 9.59 Å². The van der Waals surface area contributed by atoms with Gasteiger partial charge in [-0.05, 0) is 0 Å². The van der Waals surface area contributed by atoms with E-state index in [1.165, 1.54) is 0 Å². The smallest absolute Gasteiger partial charge is 0.198 e. The molecule has 1 heterocycles. The van der Waals surface area contributed by atoms with E-state index in [1.807, 2.05) is 11.0 Å². The second-order valence-corrected chi connectivity index (χ2v) is 4.19. The molecule has 0 N–H and O–H groups in total. The monoisotopic (exact) mass is 241 g/mol. The van der Waals surface area contributed by atoms with E-state index >= 15 is 0 Å². The molecule has 0 amide bonds. The van der Waals surface area contributed by atoms with Gasteiger partial charge in [0.05, 0.1) is 5.57 Å². The van der Waals surface area contributed by atoms with Gasteiger partial charge < -0.3 is 4.90 Å². The third-order valence-electron chi connectivity index (χ3n) is 2.88. The largest absolute Gasteiger partial charge is 0.372 e. The minimum Gasteiger partial charge on any atom is -0.372 e. The first-order valence-electron chi connectivity index (χ1n) is 5.92. The molecule has 0 fully saturated rings. The number of hydrogen-bond donors (Lipinski definition) is 0. The maximum atomic E-state index is 12.2. The van der Waals surface area contributed by atoms with Gasteiger partial charge in [-0.25, -0.2) is 0 Å². The van der Waals surface area contributed by atoms with Crippen LogP contribution in [0.4, 0.5) is 0 Å². The van der Waals surface area contributed by atoms with Crippen molar-refractivity contribution in [3.8, 4) is 0 Å². The Morgan fingerprint density at radius 1 is 1.33 bits per heavy atom. The van der Waals surface area contributed by atoms with Crippen LogP contribution < -0.4 is 0 Å². The van der Waals surface area contributed by atoms with Gasteiger partial charge in [0.15, 0.2) is 11.6 Å². The molecule has 2 rings (SSSR count). The van der Waals surface area contributed by atoms with E-state index in [-0.39, 0.29) is 17.1 Å². The molecule has 1 aliphatic rings. The van der Waals surface area contributed by atoms with E-state index in [0.717, 1.165) is 0 Å². The third kappa shape index (κ3) is 2.56. The standard InChI is InChI=1S/C15H15NO2/c1-2-9-16-10-8-14(17)13(11-16)15(18)12-6-4-3-5-7-12/h2-7,11H,1,8-10H2. The summed E-state index contributed by atoms with van der Waals surface area (Å²) in [6, 6.07) is 8.88. The van der Waals surface area contributed by atoms with Crippen LogP contribution in [-0.4, -0.2) is 29.6 Å². The topological polar surface area (TPSA) is 37.4 Å². The number of nitrogens with zero attached hydrogens (tertiary/aromatic N) is 1. The molecular formula is C15H15NO2. The summed E-state index contributed by atoms with van der Waals surface area (Å²) in [4.78, 5) is 26.0. The van der Waals surface area contributed by atoms with Gasteiger partial charge in [0.2, 0.25) is 0 Å². The van der Waals surface area contributed by atoms with Crippen molar-refractivity contribution in [2.45, 2.75) is 6.42 Å². The molecule has 0 atom stereocenters. The number of ketones is 2. The number of carbonyl (C=O) groups is 2. The number of carbonyl (C=O) groups excluding carboxylic acids is 2. The molecule has 0 aromatic heterocycles. The van der Waals surface area contributed by atoms with Gasteiger partial charge in [0.1, 0.15) is 0 Å². The Morgan fingerprint density at radius 3 is 2.72 bits per heavy atom. The predicted molar refractivity (Wildman–Crippen MR) is 70.2 cm³/mol. The van der Waals surface area contributed by atoms with Crippen molar-refractivity contribution >= 4 is 11.6 Å². The van der Waals surface area contributed by atoms with Crippen LogP contribution in [0.25, 0.3) is 0 Å². The summed E-state index contributed by atoms with van der Waals surface area (Å²) in [5, 5.41) is 0. The van der Waals surface area contributed by atoms with Gasteiger partial charge >= 0.3 is 0 Å². The van der Waals surface area contributed by atoms with Gasteiger partial charge in [-0.15, -0.1) is 6.58 Å². The molecule has 1 aromatic carbocycles. The quantitative estimate of drug-likeness (QED) is 0.461. The highest BCUT2D eigenvalue weighted by Gasteiger charge is 2.24. The molecule has 0 bridgehead atoms. The van der Waals surface area contributed by atoms with E-state index < -0.39 is 0 Å². The molecule has 92 valence electrons. The Labute approximate surface area is 106 Å². The lowest BCUT2D eigenvalue weighted by molar-refractivity contribution is -0.116. The molecule has 1 aromatic rings. The number of allylic oxidation sites excluding steroid dienone is 1. The van der Waals surface area contributed by atoms with Crippen molar-refractivity contribution in [2.75, 3.05) is 13.1 Å². The van der Waals surface area contributed by atoms with Crippen LogP contribution in [0.3, 0.4) is 0 Å². The van der Waals surface area contributed by atoms with Crippen molar-refractivity contribution in [1.29, 1.82) is 0 Å². The molecule has 0 spiro atoms. The highest BCUT2D eigenvalue weighted by molar-refractivity contribution is 6.26. The van der Waals surface area contributed by atoms with Crippen LogP contribution in [0.15, 0.2) is 54.8 Å². The first kappa shape index (κ1) is 12.3. The molecule has 0 radical (unpaired) electrons. The lowest BCUT2D eigenvalue weighted by atomic mass is 9.97. The fourth-order valence-corrected chi connectivity index (χ4v) is 1.94. The Morgan fingerprint density at radius 2 is 2.06 bits per heavy atom. The average molecular weight is 241 g/mol. The Bertz CT molecular complexity index is 502. The molecule has 0 unspecified atom stereocenters. The second kappa shape index (κ2) is 5.45. The van der Waals surface area contributed by atoms with Gasteiger partial charge in [-0.3, -0.25) is 9.59 Å². The number of rotatable bonds is 4. The molecule has 1 aliphatic heterocycles. The van der Waals surface area contributed by atoms with Crippen LogP contribution in [0.1, 0.15) is 16.8 Å². The summed E-state index contributed by atoms with van der Waals surface area (Å²) in [6.45, 7) is 4.96. The summed E-state index contributed by atoms with van der Waals surface area (Å²) in [6.07, 6.45) is 3.80. The lowest BCUT2D eigenvalue weighted by Gasteiger charge is -2.24. The van der Waals surface area contributed by atoms with E-state index in [4.69, 9.17) is 0 Å². The number of benzene rings is 1. The first-order chi connectivity index (χ1) is 8.72. The van der Waals surface area contributed by atoms with Crippen LogP contribution in [-0.2, 0) is 4.79 Å². The highest BCUT2D eigenvalue weighted by Crippen LogP contribution is 2.16. The van der Waals surface area contributed by atoms with Crippen LogP contribution in [0.5, 0.6) is 0 Å². The summed E-state index contributed by atoms with van der Waals surface area (Å²) < 4.78 is 0. The van der Waals surface area contributed by atoms with E-state index in [9.17, 15) is 9.59 Å². The van der Waals surface area contributed by atoms with Gasteiger partial charge in [0, 0.05) is 31.3 Å². The van der Waals surface area contributed by atoms with Crippen molar-refractivity contribution in [3.05, 3.63) is 60.3 Å². The molecule has 0 aliphatic carbocycles. The molecule has 18 heavy (non-hydrogen) atoms. The average Bonchev–Trinajstić information content (AvgIpc) is 2.41. The van der Waals surface area contributed by atoms with Crippen molar-refractivity contribution in [1.82, 2.24) is 4.90 Å². The van der Waals surface area contributed by atoms with Crippen molar-refractivity contribution in [3.63, 3.8) is 0 Å². The molecular weight excluding hydrogens is 226 g/mol. The van der Waals surface area contributed by atoms with Gasteiger partial charge in [-0.1, -0.05) is 36.4 Å². The Balaban J connectivity index is 2.27. The van der Waals surface area contributed by atoms with Crippen LogP contribution in [0.2, 0.25) is 0 Å². The molecule has 0 saturated carbocycles. The van der Waals surface area contributed by atoms with E-state index in [0.29, 0.717) is 25.1 Å². The summed E-state index contributed by atoms with van der Waals surface area (Å²) in [5.41, 5.74) is 0.826. The van der Waals surface area contributed by atoms with Gasteiger partial charge in [-0.2, -0.15) is 0 Å². The number of hydrogen-bond acceptors (Lipinski definition) is 3. The second-order valence-electron chi connectivity index (χ2n) is 4.19. The first-order valence-corrected chi connectivity index (χ1v) is 5.92. The zero-order valence-electron chi connectivity index (χ0n) is 10.1. The van der Waals surface area contributed by atoms with E-state index in [2.05, 4.69) is 6.58 Å². The molecule has 0 saturated heterocycles. The zero-order chi connectivity index (χ0) is 13.0.